The number of fused-ring (bicyclic) bond motifs is 1. The number of carbonyl (C=O) groups is 1. The second-order valence-electron chi connectivity index (χ2n) is 5.77. The molecule has 1 aliphatic carbocycles. The van der Waals surface area contributed by atoms with Gasteiger partial charge in [0.1, 0.15) is 0 Å². The van der Waals surface area contributed by atoms with E-state index in [0.717, 1.165) is 24.1 Å². The zero-order chi connectivity index (χ0) is 16.7. The molecular formula is C17H16N4O3. The minimum Gasteiger partial charge on any atom is -0.504 e. The van der Waals surface area contributed by atoms with Crippen LogP contribution in [0.4, 0.5) is 5.95 Å². The van der Waals surface area contributed by atoms with E-state index < -0.39 is 0 Å². The summed E-state index contributed by atoms with van der Waals surface area (Å²) in [7, 11) is 1.50. The van der Waals surface area contributed by atoms with Crippen LogP contribution in [0.15, 0.2) is 36.4 Å². The van der Waals surface area contributed by atoms with E-state index in [4.69, 9.17) is 4.74 Å². The Morgan fingerprint density at radius 1 is 1.33 bits per heavy atom. The first-order valence-corrected chi connectivity index (χ1v) is 7.70. The summed E-state index contributed by atoms with van der Waals surface area (Å²) in [5, 5.41) is 16.9. The quantitative estimate of drug-likeness (QED) is 0.769. The third-order valence-corrected chi connectivity index (χ3v) is 4.02. The Hall–Kier alpha value is -3.09. The van der Waals surface area contributed by atoms with Crippen molar-refractivity contribution in [3.8, 4) is 22.8 Å². The molecule has 0 atom stereocenters. The first-order chi connectivity index (χ1) is 11.7. The van der Waals surface area contributed by atoms with Gasteiger partial charge in [-0.1, -0.05) is 6.07 Å². The summed E-state index contributed by atoms with van der Waals surface area (Å²) in [6, 6.07) is 10.6. The van der Waals surface area contributed by atoms with Gasteiger partial charge in [-0.2, -0.15) is 4.98 Å². The number of phenolic OH excluding ortho intramolecular Hbond substituents is 1. The van der Waals surface area contributed by atoms with Crippen molar-refractivity contribution in [1.82, 2.24) is 14.6 Å². The summed E-state index contributed by atoms with van der Waals surface area (Å²) in [6.45, 7) is 0. The standard InChI is InChI=1S/C17H16N4O3/c1-24-14-9-11(7-8-13(14)22)12-3-2-4-15-18-17(20-21(12)15)19-16(23)10-5-6-10/h2-4,7-10,22H,5-6H2,1H3,(H,19,20,23). The molecule has 0 saturated heterocycles. The largest absolute Gasteiger partial charge is 0.504 e. The molecule has 2 N–H and O–H groups in total. The third kappa shape index (κ3) is 2.54. The number of nitrogens with zero attached hydrogens (tertiary/aromatic N) is 3. The summed E-state index contributed by atoms with van der Waals surface area (Å²) in [4.78, 5) is 16.2. The highest BCUT2D eigenvalue weighted by Gasteiger charge is 2.30. The lowest BCUT2D eigenvalue weighted by molar-refractivity contribution is -0.117. The van der Waals surface area contributed by atoms with Gasteiger partial charge in [0.25, 0.3) is 0 Å². The Morgan fingerprint density at radius 3 is 2.92 bits per heavy atom. The molecule has 1 fully saturated rings. The lowest BCUT2D eigenvalue weighted by Crippen LogP contribution is -2.14. The average molecular weight is 324 g/mol. The summed E-state index contributed by atoms with van der Waals surface area (Å²) in [6.07, 6.45) is 1.86. The van der Waals surface area contributed by atoms with Gasteiger partial charge in [-0.15, -0.1) is 5.10 Å². The highest BCUT2D eigenvalue weighted by molar-refractivity contribution is 5.92. The van der Waals surface area contributed by atoms with Gasteiger partial charge >= 0.3 is 0 Å². The SMILES string of the molecule is COc1cc(-c2cccc3nc(NC(=O)C4CC4)nn23)ccc1O. The van der Waals surface area contributed by atoms with Gasteiger partial charge in [-0.05, 0) is 43.2 Å². The molecule has 122 valence electrons. The number of methoxy groups -OCH3 is 1. The van der Waals surface area contributed by atoms with Crippen molar-refractivity contribution in [2.24, 2.45) is 5.92 Å². The Kier molecular flexibility index (Phi) is 3.34. The average Bonchev–Trinajstić information content (AvgIpc) is 3.35. The third-order valence-electron chi connectivity index (χ3n) is 4.02. The molecular weight excluding hydrogens is 308 g/mol. The Bertz CT molecular complexity index is 931. The van der Waals surface area contributed by atoms with Gasteiger partial charge in [0.05, 0.1) is 12.8 Å². The maximum atomic E-state index is 11.9. The van der Waals surface area contributed by atoms with Gasteiger partial charge < -0.3 is 9.84 Å². The number of carbonyl (C=O) groups excluding carboxylic acids is 1. The molecule has 0 bridgehead atoms. The van der Waals surface area contributed by atoms with E-state index in [-0.39, 0.29) is 17.6 Å². The van der Waals surface area contributed by atoms with Crippen LogP contribution in [0.1, 0.15) is 12.8 Å². The molecule has 0 radical (unpaired) electrons. The Labute approximate surface area is 137 Å². The zero-order valence-corrected chi connectivity index (χ0v) is 13.1. The van der Waals surface area contributed by atoms with Gasteiger partial charge in [0.15, 0.2) is 17.1 Å². The van der Waals surface area contributed by atoms with E-state index in [9.17, 15) is 9.90 Å². The van der Waals surface area contributed by atoms with Crippen LogP contribution in [0, 0.1) is 5.92 Å². The minimum atomic E-state index is -0.0289. The zero-order valence-electron chi connectivity index (χ0n) is 13.1. The van der Waals surface area contributed by atoms with E-state index in [1.54, 1.807) is 22.7 Å². The van der Waals surface area contributed by atoms with Crippen molar-refractivity contribution in [2.45, 2.75) is 12.8 Å². The monoisotopic (exact) mass is 324 g/mol. The van der Waals surface area contributed by atoms with Crippen LogP contribution in [0.2, 0.25) is 0 Å². The Morgan fingerprint density at radius 2 is 2.17 bits per heavy atom. The van der Waals surface area contributed by atoms with Crippen LogP contribution in [0.25, 0.3) is 16.9 Å². The molecule has 1 aliphatic rings. The number of rotatable bonds is 4. The molecule has 4 rings (SSSR count). The second-order valence-corrected chi connectivity index (χ2v) is 5.77. The number of anilines is 1. The van der Waals surface area contributed by atoms with Crippen LogP contribution in [0.5, 0.6) is 11.5 Å². The topological polar surface area (TPSA) is 88.8 Å². The molecule has 1 saturated carbocycles. The molecule has 2 aromatic heterocycles. The van der Waals surface area contributed by atoms with E-state index in [1.807, 2.05) is 18.2 Å². The van der Waals surface area contributed by atoms with Crippen molar-refractivity contribution in [3.63, 3.8) is 0 Å². The predicted octanol–water partition coefficient (Wildman–Crippen LogP) is 2.46. The summed E-state index contributed by atoms with van der Waals surface area (Å²) < 4.78 is 6.82. The summed E-state index contributed by atoms with van der Waals surface area (Å²) in [5.41, 5.74) is 2.23. The molecule has 1 aromatic carbocycles. The predicted molar refractivity (Wildman–Crippen MR) is 88.0 cm³/mol. The Balaban J connectivity index is 1.75. The van der Waals surface area contributed by atoms with Gasteiger partial charge in [0, 0.05) is 11.5 Å². The van der Waals surface area contributed by atoms with Crippen LogP contribution < -0.4 is 10.1 Å². The van der Waals surface area contributed by atoms with Gasteiger partial charge in [-0.25, -0.2) is 4.52 Å². The van der Waals surface area contributed by atoms with Crippen LogP contribution in [0.3, 0.4) is 0 Å². The maximum Gasteiger partial charge on any atom is 0.249 e. The van der Waals surface area contributed by atoms with Crippen LogP contribution in [-0.4, -0.2) is 32.7 Å². The molecule has 3 aromatic rings. The van der Waals surface area contributed by atoms with Crippen molar-refractivity contribution in [2.75, 3.05) is 12.4 Å². The number of ether oxygens (including phenoxy) is 1. The fraction of sp³-hybridized carbons (Fsp3) is 0.235. The lowest BCUT2D eigenvalue weighted by Gasteiger charge is -2.08. The molecule has 0 spiro atoms. The first-order valence-electron chi connectivity index (χ1n) is 7.70. The molecule has 2 heterocycles. The van der Waals surface area contributed by atoms with E-state index in [1.165, 1.54) is 7.11 Å². The van der Waals surface area contributed by atoms with Gasteiger partial charge in [0.2, 0.25) is 11.9 Å². The minimum absolute atomic E-state index is 0.0289. The number of phenols is 1. The molecule has 24 heavy (non-hydrogen) atoms. The maximum absolute atomic E-state index is 11.9. The summed E-state index contributed by atoms with van der Waals surface area (Å²) >= 11 is 0. The normalized spacial score (nSPS) is 13.9. The fourth-order valence-electron chi connectivity index (χ4n) is 2.57. The fourth-order valence-corrected chi connectivity index (χ4v) is 2.57. The van der Waals surface area contributed by atoms with E-state index >= 15 is 0 Å². The highest BCUT2D eigenvalue weighted by Crippen LogP contribution is 2.32. The number of nitrogens with one attached hydrogen (secondary N) is 1. The number of benzene rings is 1. The van der Waals surface area contributed by atoms with Gasteiger partial charge in [-0.3, -0.25) is 10.1 Å². The van der Waals surface area contributed by atoms with Crippen molar-refractivity contribution < 1.29 is 14.6 Å². The van der Waals surface area contributed by atoms with Crippen molar-refractivity contribution in [3.05, 3.63) is 36.4 Å². The van der Waals surface area contributed by atoms with Crippen molar-refractivity contribution in [1.29, 1.82) is 0 Å². The van der Waals surface area contributed by atoms with Crippen molar-refractivity contribution >= 4 is 17.5 Å². The summed E-state index contributed by atoms with van der Waals surface area (Å²) in [5.74, 6) is 0.817. The molecule has 0 aliphatic heterocycles. The molecule has 0 unspecified atom stereocenters. The number of pyridine rings is 1. The van der Waals surface area contributed by atoms with E-state index in [2.05, 4.69) is 15.4 Å². The number of aromatic nitrogens is 3. The molecule has 7 nitrogen and oxygen atoms in total. The number of hydrogen-bond donors (Lipinski definition) is 2. The van der Waals surface area contributed by atoms with E-state index in [0.29, 0.717) is 17.3 Å². The molecule has 1 amide bonds. The number of amides is 1. The second kappa shape index (κ2) is 5.52. The number of hydrogen-bond acceptors (Lipinski definition) is 5. The highest BCUT2D eigenvalue weighted by atomic mass is 16.5. The van der Waals surface area contributed by atoms with Crippen LogP contribution in [-0.2, 0) is 4.79 Å². The first kappa shape index (κ1) is 14.5. The smallest absolute Gasteiger partial charge is 0.249 e. The number of aromatic hydroxyl groups is 1. The van der Waals surface area contributed by atoms with Crippen LogP contribution >= 0.6 is 0 Å². The molecule has 7 heteroatoms. The lowest BCUT2D eigenvalue weighted by atomic mass is 10.1.